The highest BCUT2D eigenvalue weighted by Crippen LogP contribution is 2.34. The van der Waals surface area contributed by atoms with Crippen molar-refractivity contribution >= 4 is 28.4 Å². The van der Waals surface area contributed by atoms with Crippen molar-refractivity contribution in [2.45, 2.75) is 27.2 Å². The van der Waals surface area contributed by atoms with E-state index in [2.05, 4.69) is 20.3 Å². The van der Waals surface area contributed by atoms with Crippen LogP contribution in [0.25, 0.3) is 11.0 Å². The lowest BCUT2D eigenvalue weighted by atomic mass is 10.0. The molecule has 0 saturated heterocycles. The molecule has 2 N–H and O–H groups in total. The fourth-order valence-corrected chi connectivity index (χ4v) is 3.50. The van der Waals surface area contributed by atoms with E-state index in [1.165, 1.54) is 0 Å². The summed E-state index contributed by atoms with van der Waals surface area (Å²) < 4.78 is 11.4. The summed E-state index contributed by atoms with van der Waals surface area (Å²) >= 11 is 0. The van der Waals surface area contributed by atoms with Gasteiger partial charge >= 0.3 is 5.97 Å². The number of nitrogens with zero attached hydrogens (tertiary/aromatic N) is 3. The molecule has 168 valence electrons. The number of hydrogen-bond acceptors (Lipinski definition) is 7. The average Bonchev–Trinajstić information content (AvgIpc) is 2.81. The van der Waals surface area contributed by atoms with E-state index in [4.69, 9.17) is 9.47 Å². The summed E-state index contributed by atoms with van der Waals surface area (Å²) in [5.74, 6) is 0.637. The van der Waals surface area contributed by atoms with Crippen LogP contribution in [-0.2, 0) is 6.42 Å². The van der Waals surface area contributed by atoms with Gasteiger partial charge in [0.25, 0.3) is 0 Å². The summed E-state index contributed by atoms with van der Waals surface area (Å²) in [6.07, 6.45) is 2.11. The van der Waals surface area contributed by atoms with E-state index in [0.29, 0.717) is 64.2 Å². The SMILES string of the molecule is CCOc1cc2c(Nc3ccc(Oc4ccccn4)cc3)c(C(=O)O)c(CC)nc2nc1C. The molecule has 8 nitrogen and oxygen atoms in total. The molecule has 0 aliphatic heterocycles. The van der Waals surface area contributed by atoms with E-state index in [-0.39, 0.29) is 5.56 Å². The number of carboxylic acid groups (broad SMARTS) is 1. The third-order valence-corrected chi connectivity index (χ3v) is 5.03. The van der Waals surface area contributed by atoms with Gasteiger partial charge in [-0.3, -0.25) is 0 Å². The van der Waals surface area contributed by atoms with Gasteiger partial charge in [-0.05, 0) is 56.7 Å². The second kappa shape index (κ2) is 9.52. The van der Waals surface area contributed by atoms with E-state index in [9.17, 15) is 9.90 Å². The van der Waals surface area contributed by atoms with Crippen LogP contribution in [-0.4, -0.2) is 32.6 Å². The van der Waals surface area contributed by atoms with Gasteiger partial charge in [0.1, 0.15) is 17.1 Å². The van der Waals surface area contributed by atoms with Gasteiger partial charge in [-0.15, -0.1) is 0 Å². The maximum absolute atomic E-state index is 12.2. The lowest BCUT2D eigenvalue weighted by molar-refractivity contribution is 0.0696. The highest BCUT2D eigenvalue weighted by atomic mass is 16.5. The van der Waals surface area contributed by atoms with Crippen LogP contribution in [0.1, 0.15) is 35.6 Å². The highest BCUT2D eigenvalue weighted by molar-refractivity contribution is 6.06. The van der Waals surface area contributed by atoms with Crippen molar-refractivity contribution in [1.29, 1.82) is 0 Å². The number of carbonyl (C=O) groups is 1. The summed E-state index contributed by atoms with van der Waals surface area (Å²) in [7, 11) is 0. The van der Waals surface area contributed by atoms with Crippen molar-refractivity contribution in [3.63, 3.8) is 0 Å². The molecule has 0 bridgehead atoms. The van der Waals surface area contributed by atoms with Crippen LogP contribution in [0, 0.1) is 6.92 Å². The largest absolute Gasteiger partial charge is 0.492 e. The molecule has 0 amide bonds. The highest BCUT2D eigenvalue weighted by Gasteiger charge is 2.22. The normalized spacial score (nSPS) is 10.8. The number of ether oxygens (including phenoxy) is 2. The first-order chi connectivity index (χ1) is 16.0. The topological polar surface area (TPSA) is 106 Å². The minimum absolute atomic E-state index is 0.118. The molecule has 33 heavy (non-hydrogen) atoms. The molecule has 1 aromatic carbocycles. The number of aromatic carboxylic acids is 1. The van der Waals surface area contributed by atoms with Crippen LogP contribution in [0.2, 0.25) is 0 Å². The average molecular weight is 444 g/mol. The Balaban J connectivity index is 1.77. The lowest BCUT2D eigenvalue weighted by Crippen LogP contribution is -2.11. The smallest absolute Gasteiger partial charge is 0.339 e. The standard InChI is InChI=1S/C25H24N4O4/c1-4-19-22(25(30)31)23(18-14-20(32-5-2)15(3)27-24(18)29-19)28-16-9-11-17(12-10-16)33-21-8-6-7-13-26-21/h6-14H,4-5H2,1-3H3,(H,30,31)(H,27,28,29). The Kier molecular flexibility index (Phi) is 6.35. The Morgan fingerprint density at radius 2 is 1.88 bits per heavy atom. The Labute approximate surface area is 191 Å². The molecule has 4 aromatic rings. The monoisotopic (exact) mass is 444 g/mol. The predicted octanol–water partition coefficient (Wildman–Crippen LogP) is 5.53. The van der Waals surface area contributed by atoms with Gasteiger partial charge in [0.15, 0.2) is 5.65 Å². The van der Waals surface area contributed by atoms with Gasteiger partial charge in [-0.25, -0.2) is 19.7 Å². The summed E-state index contributed by atoms with van der Waals surface area (Å²) in [6, 6.07) is 14.4. The molecule has 0 saturated carbocycles. The van der Waals surface area contributed by atoms with Gasteiger partial charge in [-0.2, -0.15) is 0 Å². The molecule has 8 heteroatoms. The second-order valence-electron chi connectivity index (χ2n) is 7.26. The van der Waals surface area contributed by atoms with Crippen molar-refractivity contribution in [2.75, 3.05) is 11.9 Å². The molecule has 0 atom stereocenters. The van der Waals surface area contributed by atoms with Gasteiger partial charge < -0.3 is 19.9 Å². The quantitative estimate of drug-likeness (QED) is 0.365. The van der Waals surface area contributed by atoms with Gasteiger partial charge in [-0.1, -0.05) is 13.0 Å². The maximum Gasteiger partial charge on any atom is 0.339 e. The number of benzene rings is 1. The number of fused-ring (bicyclic) bond motifs is 1. The Bertz CT molecular complexity index is 1290. The van der Waals surface area contributed by atoms with E-state index in [1.807, 2.05) is 45.0 Å². The zero-order valence-electron chi connectivity index (χ0n) is 18.6. The molecule has 0 unspecified atom stereocenters. The van der Waals surface area contributed by atoms with Crippen molar-refractivity contribution in [2.24, 2.45) is 0 Å². The fourth-order valence-electron chi connectivity index (χ4n) is 3.50. The van der Waals surface area contributed by atoms with E-state index < -0.39 is 5.97 Å². The molecule has 0 spiro atoms. The van der Waals surface area contributed by atoms with Crippen LogP contribution in [0.3, 0.4) is 0 Å². The lowest BCUT2D eigenvalue weighted by Gasteiger charge is -2.17. The van der Waals surface area contributed by atoms with Gasteiger partial charge in [0.05, 0.1) is 23.7 Å². The summed E-state index contributed by atoms with van der Waals surface area (Å²) in [5, 5.41) is 13.8. The third kappa shape index (κ3) is 4.69. The minimum atomic E-state index is -1.06. The fraction of sp³-hybridized carbons (Fsp3) is 0.200. The minimum Gasteiger partial charge on any atom is -0.492 e. The molecule has 0 aliphatic rings. The van der Waals surface area contributed by atoms with Crippen molar-refractivity contribution < 1.29 is 19.4 Å². The summed E-state index contributed by atoms with van der Waals surface area (Å²) in [4.78, 5) is 25.5. The number of pyridine rings is 3. The predicted molar refractivity (Wildman–Crippen MR) is 126 cm³/mol. The van der Waals surface area contributed by atoms with Crippen molar-refractivity contribution in [3.8, 4) is 17.4 Å². The first-order valence-corrected chi connectivity index (χ1v) is 10.7. The Morgan fingerprint density at radius 1 is 1.09 bits per heavy atom. The van der Waals surface area contributed by atoms with E-state index >= 15 is 0 Å². The van der Waals surface area contributed by atoms with Crippen molar-refractivity contribution in [3.05, 3.63) is 71.7 Å². The van der Waals surface area contributed by atoms with Crippen LogP contribution < -0.4 is 14.8 Å². The molecule has 0 radical (unpaired) electrons. The number of anilines is 2. The van der Waals surface area contributed by atoms with E-state index in [1.54, 1.807) is 30.5 Å². The van der Waals surface area contributed by atoms with Crippen molar-refractivity contribution in [1.82, 2.24) is 15.0 Å². The Morgan fingerprint density at radius 3 is 2.52 bits per heavy atom. The number of rotatable bonds is 8. The third-order valence-electron chi connectivity index (χ3n) is 5.03. The van der Waals surface area contributed by atoms with Gasteiger partial charge in [0.2, 0.25) is 5.88 Å². The van der Waals surface area contributed by atoms with Crippen LogP contribution in [0.15, 0.2) is 54.7 Å². The van der Waals surface area contributed by atoms with E-state index in [0.717, 1.165) is 0 Å². The number of hydrogen-bond donors (Lipinski definition) is 2. The maximum atomic E-state index is 12.2. The molecular formula is C25H24N4O4. The molecule has 3 aromatic heterocycles. The molecular weight excluding hydrogens is 420 g/mol. The van der Waals surface area contributed by atoms with Gasteiger partial charge in [0, 0.05) is 23.3 Å². The molecule has 3 heterocycles. The number of aryl methyl sites for hydroxylation is 2. The molecule has 0 fully saturated rings. The summed E-state index contributed by atoms with van der Waals surface area (Å²) in [5.41, 5.74) is 2.87. The first-order valence-electron chi connectivity index (χ1n) is 10.7. The molecule has 4 rings (SSSR count). The number of aromatic nitrogens is 3. The Hall–Kier alpha value is -4.20. The van der Waals surface area contributed by atoms with Crippen LogP contribution in [0.5, 0.6) is 17.4 Å². The number of carboxylic acids is 1. The zero-order valence-corrected chi connectivity index (χ0v) is 18.6. The second-order valence-corrected chi connectivity index (χ2v) is 7.26. The molecule has 0 aliphatic carbocycles. The summed E-state index contributed by atoms with van der Waals surface area (Å²) in [6.45, 7) is 6.07. The number of nitrogens with one attached hydrogen (secondary N) is 1. The first kappa shape index (κ1) is 22.0. The van der Waals surface area contributed by atoms with Crippen LogP contribution >= 0.6 is 0 Å². The zero-order chi connectivity index (χ0) is 23.4. The van der Waals surface area contributed by atoms with Crippen LogP contribution in [0.4, 0.5) is 11.4 Å².